The summed E-state index contributed by atoms with van der Waals surface area (Å²) in [5.41, 5.74) is 14.6. The molecule has 3 aromatic heterocycles. The van der Waals surface area contributed by atoms with Crippen LogP contribution in [-0.4, -0.2) is 50.6 Å². The molecule has 1 fully saturated rings. The molecule has 0 radical (unpaired) electrons. The second-order valence-electron chi connectivity index (χ2n) is 11.1. The molecule has 218 valence electrons. The lowest BCUT2D eigenvalue weighted by Gasteiger charge is -2.43. The van der Waals surface area contributed by atoms with E-state index in [1.165, 1.54) is 18.2 Å². The maximum Gasteiger partial charge on any atom is 0.337 e. The summed E-state index contributed by atoms with van der Waals surface area (Å²) in [5.74, 6) is 1.26. The molecule has 1 saturated heterocycles. The molecule has 8 nitrogen and oxygen atoms in total. The van der Waals surface area contributed by atoms with Gasteiger partial charge in [-0.3, -0.25) is 9.47 Å². The van der Waals surface area contributed by atoms with Crippen molar-refractivity contribution in [3.05, 3.63) is 126 Å². The van der Waals surface area contributed by atoms with Gasteiger partial charge in [0.05, 0.1) is 23.9 Å². The van der Waals surface area contributed by atoms with Crippen molar-refractivity contribution < 1.29 is 9.53 Å². The highest BCUT2D eigenvalue weighted by Crippen LogP contribution is 2.36. The number of esters is 1. The summed E-state index contributed by atoms with van der Waals surface area (Å²) in [6.07, 6.45) is 1.69. The Morgan fingerprint density at radius 2 is 1.64 bits per heavy atom. The predicted molar refractivity (Wildman–Crippen MR) is 172 cm³/mol. The fourth-order valence-electron chi connectivity index (χ4n) is 5.92. The fraction of sp³-hybridized carbons (Fsp3) is 0.167. The van der Waals surface area contributed by atoms with Crippen molar-refractivity contribution in [1.82, 2.24) is 24.4 Å². The minimum atomic E-state index is -0.316. The lowest BCUT2D eigenvalue weighted by molar-refractivity contribution is 0.0600. The first-order valence-corrected chi connectivity index (χ1v) is 14.7. The van der Waals surface area contributed by atoms with E-state index >= 15 is 0 Å². The Hall–Kier alpha value is -5.34. The van der Waals surface area contributed by atoms with Gasteiger partial charge in [-0.1, -0.05) is 54.6 Å². The van der Waals surface area contributed by atoms with Crippen LogP contribution < -0.4 is 5.73 Å². The zero-order chi connectivity index (χ0) is 30.2. The number of anilines is 1. The summed E-state index contributed by atoms with van der Waals surface area (Å²) in [6, 6.07) is 34.6. The quantitative estimate of drug-likeness (QED) is 0.210. The first kappa shape index (κ1) is 27.5. The minimum absolute atomic E-state index is 0.256. The van der Waals surface area contributed by atoms with Crippen LogP contribution in [0, 0.1) is 0 Å². The highest BCUT2D eigenvalue weighted by atomic mass is 16.5. The first-order valence-electron chi connectivity index (χ1n) is 14.7. The molecule has 6 aromatic rings. The molecule has 44 heavy (non-hydrogen) atoms. The average Bonchev–Trinajstić information content (AvgIpc) is 3.43. The molecule has 1 atom stereocenters. The number of nitrogens with two attached hydrogens (primary N) is 1. The number of pyridine rings is 2. The predicted octanol–water partition coefficient (Wildman–Crippen LogP) is 6.68. The van der Waals surface area contributed by atoms with E-state index in [0.717, 1.165) is 46.8 Å². The van der Waals surface area contributed by atoms with Gasteiger partial charge in [-0.05, 0) is 66.6 Å². The monoisotopic (exact) mass is 580 g/mol. The van der Waals surface area contributed by atoms with Gasteiger partial charge in [0.1, 0.15) is 11.3 Å². The van der Waals surface area contributed by atoms with Crippen molar-refractivity contribution in [2.75, 3.05) is 25.9 Å². The van der Waals surface area contributed by atoms with Crippen LogP contribution in [-0.2, 0) is 4.74 Å². The van der Waals surface area contributed by atoms with E-state index in [-0.39, 0.29) is 12.0 Å². The van der Waals surface area contributed by atoms with Crippen LogP contribution in [0.4, 0.5) is 5.82 Å². The summed E-state index contributed by atoms with van der Waals surface area (Å²) in [7, 11) is 1.40. The standard InChI is InChI=1S/C36H32N6O2/c1-23(24-10-12-27(13-11-24)36(43)44-2)41-21-28(22-41)25-14-16-29(17-15-25)42-34(30-9-6-20-38-33(30)37)40-32-19-18-31(39-35(32)42)26-7-4-3-5-8-26/h3-20,23,28H,21-22H2,1-2H3,(H2,37,38)/t23-/m0/s1. The highest BCUT2D eigenvalue weighted by molar-refractivity contribution is 5.89. The van der Waals surface area contributed by atoms with Crippen molar-refractivity contribution >= 4 is 23.0 Å². The Balaban J connectivity index is 1.17. The maximum absolute atomic E-state index is 11.8. The molecule has 0 bridgehead atoms. The van der Waals surface area contributed by atoms with E-state index in [2.05, 4.69) is 57.8 Å². The Bertz CT molecular complexity index is 1950. The number of aromatic nitrogens is 4. The molecule has 8 heteroatoms. The molecule has 3 aromatic carbocycles. The zero-order valence-electron chi connectivity index (χ0n) is 24.6. The number of methoxy groups -OCH3 is 1. The molecule has 2 N–H and O–H groups in total. The van der Waals surface area contributed by atoms with Crippen LogP contribution in [0.2, 0.25) is 0 Å². The largest absolute Gasteiger partial charge is 0.465 e. The topological polar surface area (TPSA) is 99.2 Å². The zero-order valence-corrected chi connectivity index (χ0v) is 24.6. The normalized spacial score (nSPS) is 14.3. The summed E-state index contributed by atoms with van der Waals surface area (Å²) >= 11 is 0. The van der Waals surface area contributed by atoms with E-state index in [0.29, 0.717) is 23.1 Å². The van der Waals surface area contributed by atoms with Crippen molar-refractivity contribution in [1.29, 1.82) is 0 Å². The molecule has 0 spiro atoms. The summed E-state index contributed by atoms with van der Waals surface area (Å²) in [5, 5.41) is 0. The molecule has 0 unspecified atom stereocenters. The van der Waals surface area contributed by atoms with Crippen molar-refractivity contribution in [2.45, 2.75) is 18.9 Å². The van der Waals surface area contributed by atoms with Crippen LogP contribution in [0.5, 0.6) is 0 Å². The second-order valence-corrected chi connectivity index (χ2v) is 11.1. The van der Waals surface area contributed by atoms with Gasteiger partial charge >= 0.3 is 5.97 Å². The number of rotatable bonds is 7. The van der Waals surface area contributed by atoms with E-state index < -0.39 is 0 Å². The maximum atomic E-state index is 11.8. The number of nitrogen functional groups attached to an aromatic ring is 1. The molecule has 7 rings (SSSR count). The molecule has 0 amide bonds. The molecule has 4 heterocycles. The molecule has 0 aliphatic carbocycles. The number of hydrogen-bond acceptors (Lipinski definition) is 7. The Labute approximate surface area is 255 Å². The van der Waals surface area contributed by atoms with Crippen LogP contribution in [0.3, 0.4) is 0 Å². The van der Waals surface area contributed by atoms with E-state index in [1.807, 2.05) is 66.7 Å². The molecular formula is C36H32N6O2. The number of benzene rings is 3. The number of carbonyl (C=O) groups is 1. The number of fused-ring (bicyclic) bond motifs is 1. The van der Waals surface area contributed by atoms with Gasteiger partial charge < -0.3 is 10.5 Å². The number of carbonyl (C=O) groups excluding carboxylic acids is 1. The molecule has 0 saturated carbocycles. The van der Waals surface area contributed by atoms with Gasteiger partial charge in [0.15, 0.2) is 11.5 Å². The van der Waals surface area contributed by atoms with E-state index in [4.69, 9.17) is 20.4 Å². The first-order chi connectivity index (χ1) is 21.5. The Morgan fingerprint density at radius 1 is 0.886 bits per heavy atom. The third kappa shape index (κ3) is 4.99. The van der Waals surface area contributed by atoms with E-state index in [1.54, 1.807) is 6.20 Å². The number of likely N-dealkylation sites (tertiary alicyclic amines) is 1. The fourth-order valence-corrected chi connectivity index (χ4v) is 5.92. The van der Waals surface area contributed by atoms with Gasteiger partial charge in [0.2, 0.25) is 0 Å². The highest BCUT2D eigenvalue weighted by Gasteiger charge is 2.32. The number of nitrogens with zero attached hydrogens (tertiary/aromatic N) is 5. The average molecular weight is 581 g/mol. The minimum Gasteiger partial charge on any atom is -0.465 e. The number of ether oxygens (including phenoxy) is 1. The lowest BCUT2D eigenvalue weighted by atomic mass is 9.88. The van der Waals surface area contributed by atoms with Gasteiger partial charge in [-0.25, -0.2) is 19.7 Å². The Morgan fingerprint density at radius 3 is 2.34 bits per heavy atom. The second kappa shape index (κ2) is 11.4. The summed E-state index contributed by atoms with van der Waals surface area (Å²) in [6.45, 7) is 4.14. The number of imidazole rings is 1. The summed E-state index contributed by atoms with van der Waals surface area (Å²) in [4.78, 5) is 28.6. The third-order valence-corrected chi connectivity index (χ3v) is 8.55. The van der Waals surface area contributed by atoms with Crippen molar-refractivity contribution in [3.8, 4) is 28.3 Å². The van der Waals surface area contributed by atoms with Crippen LogP contribution in [0.1, 0.15) is 40.4 Å². The summed E-state index contributed by atoms with van der Waals surface area (Å²) < 4.78 is 6.90. The molecule has 1 aliphatic rings. The van der Waals surface area contributed by atoms with Gasteiger partial charge in [-0.2, -0.15) is 0 Å². The van der Waals surface area contributed by atoms with Crippen LogP contribution in [0.25, 0.3) is 39.5 Å². The van der Waals surface area contributed by atoms with E-state index in [9.17, 15) is 4.79 Å². The third-order valence-electron chi connectivity index (χ3n) is 8.55. The van der Waals surface area contributed by atoms with Crippen molar-refractivity contribution in [3.63, 3.8) is 0 Å². The smallest absolute Gasteiger partial charge is 0.337 e. The van der Waals surface area contributed by atoms with Gasteiger partial charge in [0.25, 0.3) is 0 Å². The SMILES string of the molecule is COC(=O)c1ccc([C@H](C)N2CC(c3ccc(-n4c(-c5cccnc5N)nc5ccc(-c6ccccc6)nc54)cc3)C2)cc1. The number of hydrogen-bond donors (Lipinski definition) is 1. The molecule has 1 aliphatic heterocycles. The van der Waals surface area contributed by atoms with Crippen LogP contribution >= 0.6 is 0 Å². The Kier molecular flexibility index (Phi) is 7.12. The molecular weight excluding hydrogens is 548 g/mol. The van der Waals surface area contributed by atoms with Gasteiger partial charge in [0, 0.05) is 42.5 Å². The van der Waals surface area contributed by atoms with Crippen molar-refractivity contribution in [2.24, 2.45) is 0 Å². The van der Waals surface area contributed by atoms with Gasteiger partial charge in [-0.15, -0.1) is 0 Å². The lowest BCUT2D eigenvalue weighted by Crippen LogP contribution is -2.46. The van der Waals surface area contributed by atoms with Crippen LogP contribution in [0.15, 0.2) is 109 Å².